The van der Waals surface area contributed by atoms with E-state index in [1.165, 1.54) is 32.4 Å². The standard InChI is InChI=1S/C16H29N3O2/c17-16(15(20)21)7-1-4-13(16)6-11-18-8-3-10-19-9-2-5-14(19)12-18/h13-14H,1-12,17H2,(H,20,21). The predicted molar refractivity (Wildman–Crippen MR) is 82.2 cm³/mol. The van der Waals surface area contributed by atoms with Crippen LogP contribution in [0.3, 0.4) is 0 Å². The number of aliphatic carboxylic acids is 1. The van der Waals surface area contributed by atoms with Crippen LogP contribution in [0, 0.1) is 5.92 Å². The molecule has 3 fully saturated rings. The van der Waals surface area contributed by atoms with E-state index in [1.807, 2.05) is 0 Å². The molecule has 1 saturated carbocycles. The predicted octanol–water partition coefficient (Wildman–Crippen LogP) is 1.13. The molecule has 0 bridgehead atoms. The summed E-state index contributed by atoms with van der Waals surface area (Å²) in [6.45, 7) is 5.84. The number of hydrogen-bond donors (Lipinski definition) is 2. The summed E-state index contributed by atoms with van der Waals surface area (Å²) in [6.07, 6.45) is 7.44. The van der Waals surface area contributed by atoms with Gasteiger partial charge in [0.05, 0.1) is 0 Å². The van der Waals surface area contributed by atoms with Crippen molar-refractivity contribution in [2.24, 2.45) is 11.7 Å². The molecule has 2 saturated heterocycles. The van der Waals surface area contributed by atoms with E-state index in [9.17, 15) is 9.90 Å². The zero-order valence-corrected chi connectivity index (χ0v) is 13.0. The van der Waals surface area contributed by atoms with E-state index in [-0.39, 0.29) is 5.92 Å². The van der Waals surface area contributed by atoms with Crippen LogP contribution in [0.5, 0.6) is 0 Å². The molecule has 3 rings (SSSR count). The van der Waals surface area contributed by atoms with Gasteiger partial charge in [-0.1, -0.05) is 6.42 Å². The van der Waals surface area contributed by atoms with E-state index >= 15 is 0 Å². The van der Waals surface area contributed by atoms with E-state index in [0.717, 1.165) is 44.9 Å². The third-order valence-electron chi connectivity index (χ3n) is 5.95. The summed E-state index contributed by atoms with van der Waals surface area (Å²) in [4.78, 5) is 16.6. The van der Waals surface area contributed by atoms with Crippen LogP contribution in [-0.2, 0) is 4.79 Å². The molecule has 120 valence electrons. The number of carboxylic acid groups (broad SMARTS) is 1. The first-order chi connectivity index (χ1) is 10.1. The van der Waals surface area contributed by atoms with Crippen molar-refractivity contribution in [3.8, 4) is 0 Å². The van der Waals surface area contributed by atoms with Crippen molar-refractivity contribution in [2.45, 2.75) is 56.5 Å². The third kappa shape index (κ3) is 3.10. The quantitative estimate of drug-likeness (QED) is 0.813. The minimum Gasteiger partial charge on any atom is -0.480 e. The molecule has 0 aromatic carbocycles. The Bertz CT molecular complexity index is 390. The monoisotopic (exact) mass is 295 g/mol. The highest BCUT2D eigenvalue weighted by molar-refractivity contribution is 5.79. The Kier molecular flexibility index (Phi) is 4.52. The second kappa shape index (κ2) is 6.23. The number of nitrogens with two attached hydrogens (primary N) is 1. The Hall–Kier alpha value is -0.650. The summed E-state index contributed by atoms with van der Waals surface area (Å²) >= 11 is 0. The maximum Gasteiger partial charge on any atom is 0.323 e. The van der Waals surface area contributed by atoms with Gasteiger partial charge in [-0.3, -0.25) is 9.69 Å². The zero-order valence-electron chi connectivity index (χ0n) is 13.0. The van der Waals surface area contributed by atoms with Crippen LogP contribution in [-0.4, -0.2) is 65.2 Å². The van der Waals surface area contributed by atoms with E-state index < -0.39 is 11.5 Å². The van der Waals surface area contributed by atoms with Gasteiger partial charge in [0, 0.05) is 12.6 Å². The van der Waals surface area contributed by atoms with Crippen molar-refractivity contribution < 1.29 is 9.90 Å². The third-order valence-corrected chi connectivity index (χ3v) is 5.95. The van der Waals surface area contributed by atoms with E-state index in [0.29, 0.717) is 6.42 Å². The van der Waals surface area contributed by atoms with Gasteiger partial charge in [0.1, 0.15) is 5.54 Å². The highest BCUT2D eigenvalue weighted by Crippen LogP contribution is 2.36. The smallest absolute Gasteiger partial charge is 0.323 e. The fourth-order valence-corrected chi connectivity index (χ4v) is 4.61. The summed E-state index contributed by atoms with van der Waals surface area (Å²) in [5.41, 5.74) is 5.18. The molecule has 21 heavy (non-hydrogen) atoms. The molecule has 3 aliphatic rings. The van der Waals surface area contributed by atoms with Crippen LogP contribution < -0.4 is 5.73 Å². The first-order valence-electron chi connectivity index (χ1n) is 8.58. The van der Waals surface area contributed by atoms with Crippen LogP contribution in [0.25, 0.3) is 0 Å². The second-order valence-corrected chi connectivity index (χ2v) is 7.21. The summed E-state index contributed by atoms with van der Waals surface area (Å²) in [5.74, 6) is -0.652. The molecule has 3 N–H and O–H groups in total. The average molecular weight is 295 g/mol. The van der Waals surface area contributed by atoms with E-state index in [2.05, 4.69) is 9.80 Å². The maximum atomic E-state index is 11.4. The van der Waals surface area contributed by atoms with Crippen LogP contribution in [0.2, 0.25) is 0 Å². The maximum absolute atomic E-state index is 11.4. The Morgan fingerprint density at radius 3 is 2.81 bits per heavy atom. The van der Waals surface area contributed by atoms with Gasteiger partial charge in [0.25, 0.3) is 0 Å². The molecule has 2 aliphatic heterocycles. The Morgan fingerprint density at radius 2 is 2.00 bits per heavy atom. The zero-order chi connectivity index (χ0) is 14.9. The number of carboxylic acids is 1. The molecular formula is C16H29N3O2. The number of fused-ring (bicyclic) bond motifs is 1. The fourth-order valence-electron chi connectivity index (χ4n) is 4.61. The summed E-state index contributed by atoms with van der Waals surface area (Å²) in [6, 6.07) is 0.734. The summed E-state index contributed by atoms with van der Waals surface area (Å²) in [7, 11) is 0. The van der Waals surface area contributed by atoms with Crippen molar-refractivity contribution >= 4 is 5.97 Å². The Balaban J connectivity index is 1.53. The number of hydrogen-bond acceptors (Lipinski definition) is 4. The molecule has 0 aromatic heterocycles. The fraction of sp³-hybridized carbons (Fsp3) is 0.938. The molecule has 5 nitrogen and oxygen atoms in total. The number of rotatable bonds is 4. The van der Waals surface area contributed by atoms with Gasteiger partial charge in [-0.15, -0.1) is 0 Å². The molecule has 2 heterocycles. The van der Waals surface area contributed by atoms with Crippen molar-refractivity contribution in [3.63, 3.8) is 0 Å². The molecule has 0 aromatic rings. The SMILES string of the molecule is NC1(C(=O)O)CCCC1CCN1CCCN2CCCC2C1. The van der Waals surface area contributed by atoms with Crippen LogP contribution >= 0.6 is 0 Å². The van der Waals surface area contributed by atoms with Gasteiger partial charge >= 0.3 is 5.97 Å². The molecule has 3 unspecified atom stereocenters. The molecular weight excluding hydrogens is 266 g/mol. The minimum absolute atomic E-state index is 0.151. The molecule has 3 atom stereocenters. The minimum atomic E-state index is -0.967. The Labute approximate surface area is 127 Å². The van der Waals surface area contributed by atoms with Crippen molar-refractivity contribution in [3.05, 3.63) is 0 Å². The van der Waals surface area contributed by atoms with Gasteiger partial charge in [-0.2, -0.15) is 0 Å². The normalized spacial score (nSPS) is 38.3. The number of carbonyl (C=O) groups is 1. The molecule has 0 radical (unpaired) electrons. The number of nitrogens with zero attached hydrogens (tertiary/aromatic N) is 2. The average Bonchev–Trinajstić information content (AvgIpc) is 2.99. The molecule has 5 heteroatoms. The van der Waals surface area contributed by atoms with Crippen LogP contribution in [0.15, 0.2) is 0 Å². The van der Waals surface area contributed by atoms with Gasteiger partial charge in [-0.05, 0) is 70.6 Å². The Morgan fingerprint density at radius 1 is 1.19 bits per heavy atom. The lowest BCUT2D eigenvalue weighted by Gasteiger charge is -2.30. The lowest BCUT2D eigenvalue weighted by molar-refractivity contribution is -0.144. The summed E-state index contributed by atoms with van der Waals surface area (Å²) in [5, 5.41) is 9.40. The van der Waals surface area contributed by atoms with Gasteiger partial charge < -0.3 is 15.7 Å². The van der Waals surface area contributed by atoms with Crippen LogP contribution in [0.4, 0.5) is 0 Å². The highest BCUT2D eigenvalue weighted by atomic mass is 16.4. The first kappa shape index (κ1) is 15.3. The van der Waals surface area contributed by atoms with Crippen LogP contribution in [0.1, 0.15) is 44.9 Å². The lowest BCUT2D eigenvalue weighted by atomic mass is 9.85. The topological polar surface area (TPSA) is 69.8 Å². The van der Waals surface area contributed by atoms with Gasteiger partial charge in [0.2, 0.25) is 0 Å². The molecule has 0 spiro atoms. The van der Waals surface area contributed by atoms with Crippen molar-refractivity contribution in [1.82, 2.24) is 9.80 Å². The van der Waals surface area contributed by atoms with Gasteiger partial charge in [-0.25, -0.2) is 0 Å². The molecule has 1 aliphatic carbocycles. The first-order valence-corrected chi connectivity index (χ1v) is 8.58. The second-order valence-electron chi connectivity index (χ2n) is 7.21. The van der Waals surface area contributed by atoms with Gasteiger partial charge in [0.15, 0.2) is 0 Å². The van der Waals surface area contributed by atoms with Crippen molar-refractivity contribution in [2.75, 3.05) is 32.7 Å². The van der Waals surface area contributed by atoms with E-state index in [4.69, 9.17) is 5.73 Å². The largest absolute Gasteiger partial charge is 0.480 e. The van der Waals surface area contributed by atoms with E-state index in [1.54, 1.807) is 0 Å². The lowest BCUT2D eigenvalue weighted by Crippen LogP contribution is -2.51. The van der Waals surface area contributed by atoms with Crippen molar-refractivity contribution in [1.29, 1.82) is 0 Å². The summed E-state index contributed by atoms with van der Waals surface area (Å²) < 4.78 is 0. The molecule has 0 amide bonds. The highest BCUT2D eigenvalue weighted by Gasteiger charge is 2.45.